The lowest BCUT2D eigenvalue weighted by Gasteiger charge is -2.59. The topological polar surface area (TPSA) is 76.0 Å². The van der Waals surface area contributed by atoms with E-state index in [1.165, 1.54) is 0 Å². The third-order valence-corrected chi connectivity index (χ3v) is 20.7. The van der Waals surface area contributed by atoms with Crippen molar-refractivity contribution in [3.05, 3.63) is 23.3 Å². The maximum atomic E-state index is 14.8. The molecule has 0 radical (unpaired) electrons. The summed E-state index contributed by atoms with van der Waals surface area (Å²) in [6.45, 7) is 30.8. The number of hydrogen-bond acceptors (Lipinski definition) is 5. The van der Waals surface area contributed by atoms with Crippen molar-refractivity contribution in [2.45, 2.75) is 143 Å². The fourth-order valence-corrected chi connectivity index (χ4v) is 9.24. The van der Waals surface area contributed by atoms with Crippen molar-refractivity contribution in [3.8, 4) is 0 Å². The van der Waals surface area contributed by atoms with Crippen LogP contribution in [0.2, 0.25) is 36.3 Å². The van der Waals surface area contributed by atoms with Crippen LogP contribution in [0.15, 0.2) is 23.3 Å². The van der Waals surface area contributed by atoms with Crippen molar-refractivity contribution < 1.29 is 23.9 Å². The Kier molecular flexibility index (Phi) is 8.45. The van der Waals surface area contributed by atoms with Gasteiger partial charge in [-0.1, -0.05) is 80.0 Å². The molecule has 1 saturated carbocycles. The minimum Gasteiger partial charge on any atom is -0.413 e. The molecule has 0 spiro atoms. The van der Waals surface area contributed by atoms with E-state index in [4.69, 9.17) is 8.85 Å². The zero-order chi connectivity index (χ0) is 30.2. The number of carbonyl (C=O) groups is 1. The molecule has 3 rings (SSSR count). The van der Waals surface area contributed by atoms with Gasteiger partial charge in [-0.15, -0.1) is 0 Å². The molecule has 3 aliphatic carbocycles. The minimum absolute atomic E-state index is 0.00849. The van der Waals surface area contributed by atoms with Crippen LogP contribution in [0.1, 0.15) is 88.5 Å². The fraction of sp³-hybridized carbons (Fsp3) is 0.844. The van der Waals surface area contributed by atoms with E-state index in [9.17, 15) is 15.0 Å². The maximum absolute atomic E-state index is 14.8. The molecule has 3 aliphatic rings. The van der Waals surface area contributed by atoms with Gasteiger partial charge in [0.2, 0.25) is 0 Å². The van der Waals surface area contributed by atoms with Crippen molar-refractivity contribution >= 4 is 22.4 Å². The van der Waals surface area contributed by atoms with Crippen LogP contribution in [0.25, 0.3) is 0 Å². The fourth-order valence-electron chi connectivity index (χ4n) is 6.84. The number of Topliss-reactive ketones (excluding diaryl/α,β-unsaturated/α-hetero) is 1. The van der Waals surface area contributed by atoms with Gasteiger partial charge in [0.15, 0.2) is 22.4 Å². The number of hydrogen-bond donors (Lipinski definition) is 2. The minimum atomic E-state index is -2.19. The second kappa shape index (κ2) is 10.0. The Hall–Kier alpha value is -0.576. The highest BCUT2D eigenvalue weighted by molar-refractivity contribution is 6.74. The van der Waals surface area contributed by atoms with Gasteiger partial charge in [0, 0.05) is 23.2 Å². The molecular formula is C32H58O5Si2. The molecule has 0 saturated heterocycles. The molecule has 6 atom stereocenters. The zero-order valence-corrected chi connectivity index (χ0v) is 29.4. The molecule has 0 heterocycles. The normalized spacial score (nSPS) is 35.9. The molecule has 0 amide bonds. The van der Waals surface area contributed by atoms with E-state index in [0.717, 1.165) is 11.1 Å². The van der Waals surface area contributed by atoms with E-state index in [2.05, 4.69) is 80.7 Å². The standard InChI is InChI=1S/C32H58O5Si2/c1-21-17-18-32(35)27(34)26-22(20-36-38(11,12)28(2,3)4)15-16-24(37-39(13,14)29(5,6)7)31(26,10)19-23(33)25(21)30(32,8)9/h15,17,23-26,33,35H,16,18-20H2,1-14H3/t23-,24+,25-,26+,31-,32-/m1/s1. The summed E-state index contributed by atoms with van der Waals surface area (Å²) < 4.78 is 13.8. The average molecular weight is 579 g/mol. The first kappa shape index (κ1) is 32.9. The first-order valence-electron chi connectivity index (χ1n) is 15.0. The molecule has 1 fully saturated rings. The summed E-state index contributed by atoms with van der Waals surface area (Å²) in [5.74, 6) is -1.02. The van der Waals surface area contributed by atoms with Crippen molar-refractivity contribution in [3.63, 3.8) is 0 Å². The molecule has 0 aliphatic heterocycles. The smallest absolute Gasteiger partial charge is 0.192 e. The summed E-state index contributed by atoms with van der Waals surface area (Å²) in [5, 5.41) is 24.3. The third kappa shape index (κ3) is 5.38. The molecule has 0 aromatic carbocycles. The summed E-state index contributed by atoms with van der Waals surface area (Å²) in [4.78, 5) is 14.8. The molecular weight excluding hydrogens is 521 g/mol. The molecule has 2 N–H and O–H groups in total. The number of rotatable bonds is 5. The van der Waals surface area contributed by atoms with Crippen LogP contribution in [0.5, 0.6) is 0 Å². The van der Waals surface area contributed by atoms with Gasteiger partial charge >= 0.3 is 0 Å². The predicted molar refractivity (Wildman–Crippen MR) is 166 cm³/mol. The number of ketones is 1. The largest absolute Gasteiger partial charge is 0.413 e. The van der Waals surface area contributed by atoms with Crippen LogP contribution >= 0.6 is 0 Å². The van der Waals surface area contributed by atoms with Crippen LogP contribution in [0.3, 0.4) is 0 Å². The van der Waals surface area contributed by atoms with Crippen LogP contribution in [0, 0.1) is 22.7 Å². The van der Waals surface area contributed by atoms with E-state index >= 15 is 0 Å². The number of aliphatic hydroxyl groups is 2. The summed E-state index contributed by atoms with van der Waals surface area (Å²) in [6.07, 6.45) is 4.60. The average Bonchev–Trinajstić information content (AvgIpc) is 2.74. The third-order valence-electron chi connectivity index (χ3n) is 11.8. The van der Waals surface area contributed by atoms with Gasteiger partial charge in [-0.05, 0) is 61.6 Å². The number of fused-ring (bicyclic) bond motifs is 3. The highest BCUT2D eigenvalue weighted by Gasteiger charge is 2.65. The molecule has 0 aromatic rings. The van der Waals surface area contributed by atoms with E-state index < -0.39 is 45.1 Å². The summed E-state index contributed by atoms with van der Waals surface area (Å²) >= 11 is 0. The highest BCUT2D eigenvalue weighted by Crippen LogP contribution is 2.59. The zero-order valence-electron chi connectivity index (χ0n) is 27.4. The second-order valence-corrected chi connectivity index (χ2v) is 26.3. The molecule has 224 valence electrons. The van der Waals surface area contributed by atoms with E-state index in [-0.39, 0.29) is 34.3 Å². The van der Waals surface area contributed by atoms with Crippen molar-refractivity contribution in [2.24, 2.45) is 22.7 Å². The number of aliphatic hydroxyl groups excluding tert-OH is 1. The van der Waals surface area contributed by atoms with Gasteiger partial charge in [-0.3, -0.25) is 4.79 Å². The van der Waals surface area contributed by atoms with Crippen LogP contribution in [-0.2, 0) is 13.6 Å². The molecule has 0 unspecified atom stereocenters. The van der Waals surface area contributed by atoms with Gasteiger partial charge in [0.25, 0.3) is 0 Å². The van der Waals surface area contributed by atoms with Gasteiger partial charge in [0.05, 0.1) is 24.7 Å². The molecule has 5 nitrogen and oxygen atoms in total. The van der Waals surface area contributed by atoms with Crippen LogP contribution < -0.4 is 0 Å². The maximum Gasteiger partial charge on any atom is 0.192 e. The van der Waals surface area contributed by atoms with Gasteiger partial charge in [-0.25, -0.2) is 0 Å². The SMILES string of the molecule is CC1=CC[C@@]2(O)C(=O)[C@@H]3C(CO[Si](C)(C)C(C)(C)C)=CC[C@H](O[Si](C)(C)C(C)(C)C)[C@@]3(C)C[C@@H](O)[C@@H]1C2(C)C. The molecule has 39 heavy (non-hydrogen) atoms. The van der Waals surface area contributed by atoms with Gasteiger partial charge in [-0.2, -0.15) is 0 Å². The van der Waals surface area contributed by atoms with Gasteiger partial charge in [0.1, 0.15) is 5.60 Å². The molecule has 0 aromatic heterocycles. The Morgan fingerprint density at radius 1 is 0.974 bits per heavy atom. The van der Waals surface area contributed by atoms with E-state index in [1.807, 2.05) is 26.8 Å². The predicted octanol–water partition coefficient (Wildman–Crippen LogP) is 7.41. The number of carbonyl (C=O) groups excluding carboxylic acids is 1. The quantitative estimate of drug-likeness (QED) is 0.262. The summed E-state index contributed by atoms with van der Waals surface area (Å²) in [6, 6.07) is 0. The Balaban J connectivity index is 2.19. The monoisotopic (exact) mass is 578 g/mol. The lowest BCUT2D eigenvalue weighted by Crippen LogP contribution is -2.67. The Morgan fingerprint density at radius 3 is 2.03 bits per heavy atom. The van der Waals surface area contributed by atoms with E-state index in [0.29, 0.717) is 19.4 Å². The van der Waals surface area contributed by atoms with Crippen molar-refractivity contribution in [1.82, 2.24) is 0 Å². The first-order chi connectivity index (χ1) is 17.3. The highest BCUT2D eigenvalue weighted by atomic mass is 28.4. The van der Waals surface area contributed by atoms with Crippen molar-refractivity contribution in [2.75, 3.05) is 6.61 Å². The molecule has 2 bridgehead atoms. The first-order valence-corrected chi connectivity index (χ1v) is 20.8. The summed E-state index contributed by atoms with van der Waals surface area (Å²) in [5.41, 5.74) is -1.06. The second-order valence-electron chi connectivity index (χ2n) is 16.7. The van der Waals surface area contributed by atoms with Crippen LogP contribution in [-0.4, -0.2) is 57.0 Å². The van der Waals surface area contributed by atoms with Crippen LogP contribution in [0.4, 0.5) is 0 Å². The lowest BCUT2D eigenvalue weighted by atomic mass is 9.48. The van der Waals surface area contributed by atoms with Gasteiger partial charge < -0.3 is 19.1 Å². The summed E-state index contributed by atoms with van der Waals surface area (Å²) in [7, 11) is -4.28. The Bertz CT molecular complexity index is 1030. The molecule has 7 heteroatoms. The Morgan fingerprint density at radius 2 is 1.51 bits per heavy atom. The Labute approximate surface area is 241 Å². The van der Waals surface area contributed by atoms with E-state index in [1.54, 1.807) is 0 Å². The van der Waals surface area contributed by atoms with Crippen molar-refractivity contribution in [1.29, 1.82) is 0 Å². The lowest BCUT2D eigenvalue weighted by molar-refractivity contribution is -0.184.